The van der Waals surface area contributed by atoms with Gasteiger partial charge in [-0.15, -0.1) is 0 Å². The van der Waals surface area contributed by atoms with E-state index in [-0.39, 0.29) is 30.3 Å². The predicted molar refractivity (Wildman–Crippen MR) is 185 cm³/mol. The molecule has 2 fully saturated rings. The molecule has 0 saturated carbocycles. The topological polar surface area (TPSA) is 129 Å². The van der Waals surface area contributed by atoms with Gasteiger partial charge in [0, 0.05) is 30.0 Å². The maximum absolute atomic E-state index is 14.6. The molecule has 2 aliphatic heterocycles. The van der Waals surface area contributed by atoms with Gasteiger partial charge in [0.25, 0.3) is 0 Å². The van der Waals surface area contributed by atoms with E-state index in [1.165, 1.54) is 6.07 Å². The van der Waals surface area contributed by atoms with Crippen molar-refractivity contribution in [1.29, 1.82) is 0 Å². The van der Waals surface area contributed by atoms with Crippen molar-refractivity contribution in [2.45, 2.75) is 43.8 Å². The largest absolute Gasteiger partial charge is 0.480 e. The second kappa shape index (κ2) is 15.9. The molecule has 3 amide bonds. The van der Waals surface area contributed by atoms with Crippen LogP contribution in [0.15, 0.2) is 108 Å². The summed E-state index contributed by atoms with van der Waals surface area (Å²) in [6.07, 6.45) is 0.0671. The molecule has 3 atom stereocenters. The summed E-state index contributed by atoms with van der Waals surface area (Å²) in [6, 6.07) is 26.3. The molecule has 2 aliphatic rings. The SMILES string of the molecule is O=C(O)[C@H](N=C(c1ccccc1)c1ccccc1NC(=O)[C@@H]1CCCN1Cc1ccccc1)[C@@H](CC(=O)N1CCOC1=O)c1ccc(F)c(F)c1. The number of hydrogen-bond acceptors (Lipinski definition) is 7. The zero-order chi connectivity index (χ0) is 35.9. The fourth-order valence-corrected chi connectivity index (χ4v) is 6.57. The van der Waals surface area contributed by atoms with Crippen LogP contribution in [0.3, 0.4) is 0 Å². The van der Waals surface area contributed by atoms with E-state index in [1.54, 1.807) is 54.6 Å². The van der Waals surface area contributed by atoms with Crippen molar-refractivity contribution in [1.82, 2.24) is 9.80 Å². The fraction of sp³-hybridized carbons (Fsp3) is 0.256. The van der Waals surface area contributed by atoms with Crippen molar-refractivity contribution >= 4 is 35.3 Å². The number of amides is 3. The van der Waals surface area contributed by atoms with Gasteiger partial charge in [-0.25, -0.2) is 23.3 Å². The Bertz CT molecular complexity index is 1940. The average molecular weight is 695 g/mol. The molecule has 4 aromatic rings. The molecule has 0 unspecified atom stereocenters. The number of anilines is 1. The smallest absolute Gasteiger partial charge is 0.416 e. The first-order valence-corrected chi connectivity index (χ1v) is 16.7. The highest BCUT2D eigenvalue weighted by atomic mass is 19.2. The molecule has 4 aromatic carbocycles. The second-order valence-electron chi connectivity index (χ2n) is 12.4. The van der Waals surface area contributed by atoms with Crippen molar-refractivity contribution in [2.24, 2.45) is 4.99 Å². The Morgan fingerprint density at radius 2 is 1.61 bits per heavy atom. The molecule has 0 aromatic heterocycles. The number of aliphatic carboxylic acids is 1. The highest BCUT2D eigenvalue weighted by Gasteiger charge is 2.37. The molecule has 2 N–H and O–H groups in total. The molecule has 0 radical (unpaired) electrons. The summed E-state index contributed by atoms with van der Waals surface area (Å²) < 4.78 is 33.5. The second-order valence-corrected chi connectivity index (χ2v) is 12.4. The van der Waals surface area contributed by atoms with Crippen LogP contribution in [-0.4, -0.2) is 76.3 Å². The van der Waals surface area contributed by atoms with Crippen LogP contribution in [0.25, 0.3) is 0 Å². The lowest BCUT2D eigenvalue weighted by Gasteiger charge is -2.25. The lowest BCUT2D eigenvalue weighted by atomic mass is 9.87. The minimum atomic E-state index is -1.72. The van der Waals surface area contributed by atoms with E-state index >= 15 is 0 Å². The number of para-hydroxylation sites is 1. The predicted octanol–water partition coefficient (Wildman–Crippen LogP) is 6.01. The van der Waals surface area contributed by atoms with Gasteiger partial charge in [0.1, 0.15) is 6.61 Å². The Hall–Kier alpha value is -5.75. The van der Waals surface area contributed by atoms with E-state index < -0.39 is 54.0 Å². The van der Waals surface area contributed by atoms with Crippen LogP contribution in [0.5, 0.6) is 0 Å². The number of halogens is 2. The lowest BCUT2D eigenvalue weighted by molar-refractivity contribution is -0.139. The number of hydrogen-bond donors (Lipinski definition) is 2. The number of carbonyl (C=O) groups excluding carboxylic acids is 3. The van der Waals surface area contributed by atoms with Crippen molar-refractivity contribution in [2.75, 3.05) is 25.0 Å². The number of carboxylic acid groups (broad SMARTS) is 1. The van der Waals surface area contributed by atoms with Gasteiger partial charge in [-0.1, -0.05) is 84.9 Å². The summed E-state index contributed by atoms with van der Waals surface area (Å²) in [5.41, 5.74) is 2.59. The Kier molecular flexibility index (Phi) is 10.9. The van der Waals surface area contributed by atoms with Crippen molar-refractivity contribution in [3.63, 3.8) is 0 Å². The molecule has 2 heterocycles. The van der Waals surface area contributed by atoms with Gasteiger partial charge >= 0.3 is 12.1 Å². The molecule has 0 bridgehead atoms. The van der Waals surface area contributed by atoms with Crippen LogP contribution in [0, 0.1) is 11.6 Å². The van der Waals surface area contributed by atoms with Gasteiger partial charge in [-0.05, 0) is 48.7 Å². The number of carboxylic acids is 1. The normalized spacial score (nSPS) is 17.5. The Labute approximate surface area is 293 Å². The average Bonchev–Trinajstić information content (AvgIpc) is 3.79. The molecule has 0 aliphatic carbocycles. The quantitative estimate of drug-likeness (QED) is 0.174. The number of carbonyl (C=O) groups is 4. The van der Waals surface area contributed by atoms with Crippen LogP contribution in [-0.2, 0) is 25.7 Å². The number of likely N-dealkylation sites (tertiary alicyclic amines) is 1. The van der Waals surface area contributed by atoms with Gasteiger partial charge < -0.3 is 15.2 Å². The third-order valence-electron chi connectivity index (χ3n) is 9.11. The third kappa shape index (κ3) is 8.18. The number of aliphatic imine (C=N–C) groups is 1. The number of benzene rings is 4. The summed E-state index contributed by atoms with van der Waals surface area (Å²) >= 11 is 0. The van der Waals surface area contributed by atoms with E-state index in [2.05, 4.69) is 10.2 Å². The van der Waals surface area contributed by atoms with Crippen LogP contribution in [0.4, 0.5) is 19.3 Å². The first-order valence-electron chi connectivity index (χ1n) is 16.7. The van der Waals surface area contributed by atoms with Crippen LogP contribution in [0.2, 0.25) is 0 Å². The molecule has 2 saturated heterocycles. The monoisotopic (exact) mass is 694 g/mol. The Morgan fingerprint density at radius 1 is 0.902 bits per heavy atom. The standard InChI is InChI=1S/C39H36F2N4O6/c40-30-18-17-27(22-31(30)41)29(23-34(46)45-20-21-51-39(45)50)36(38(48)49)43-35(26-12-5-2-6-13-26)28-14-7-8-15-32(28)42-37(47)33-16-9-19-44(33)24-25-10-3-1-4-11-25/h1-8,10-15,17-18,22,29,33,36H,9,16,19-21,23-24H2,(H,42,47)(H,48,49)/t29-,33-,36+/m0/s1. The van der Waals surface area contributed by atoms with Crippen molar-refractivity contribution in [3.05, 3.63) is 137 Å². The van der Waals surface area contributed by atoms with Crippen LogP contribution < -0.4 is 5.32 Å². The first-order chi connectivity index (χ1) is 24.7. The third-order valence-corrected chi connectivity index (χ3v) is 9.11. The van der Waals surface area contributed by atoms with Gasteiger partial charge in [-0.3, -0.25) is 19.5 Å². The maximum atomic E-state index is 14.6. The summed E-state index contributed by atoms with van der Waals surface area (Å²) in [6.45, 7) is 1.31. The fourth-order valence-electron chi connectivity index (χ4n) is 6.57. The molecule has 6 rings (SSSR count). The summed E-state index contributed by atoms with van der Waals surface area (Å²) in [5.74, 6) is -6.13. The minimum absolute atomic E-state index is 0.000273. The van der Waals surface area contributed by atoms with Crippen LogP contribution in [0.1, 0.15) is 47.4 Å². The van der Waals surface area contributed by atoms with Crippen molar-refractivity contribution < 1.29 is 37.8 Å². The molecule has 262 valence electrons. The van der Waals surface area contributed by atoms with E-state index in [1.807, 2.05) is 30.3 Å². The van der Waals surface area contributed by atoms with Crippen LogP contribution >= 0.6 is 0 Å². The molecule has 0 spiro atoms. The molecular formula is C39H36F2N4O6. The number of cyclic esters (lactones) is 1. The summed E-state index contributed by atoms with van der Waals surface area (Å²) in [7, 11) is 0. The van der Waals surface area contributed by atoms with Gasteiger partial charge in [0.2, 0.25) is 11.8 Å². The number of ether oxygens (including phenoxy) is 1. The van der Waals surface area contributed by atoms with E-state index in [0.29, 0.717) is 29.8 Å². The van der Waals surface area contributed by atoms with Gasteiger partial charge in [-0.2, -0.15) is 0 Å². The lowest BCUT2D eigenvalue weighted by Crippen LogP contribution is -2.39. The first kappa shape index (κ1) is 35.1. The number of rotatable bonds is 12. The molecule has 10 nitrogen and oxygen atoms in total. The number of nitrogens with one attached hydrogen (secondary N) is 1. The highest BCUT2D eigenvalue weighted by molar-refractivity contribution is 6.18. The summed E-state index contributed by atoms with van der Waals surface area (Å²) in [5, 5.41) is 13.7. The summed E-state index contributed by atoms with van der Waals surface area (Å²) in [4.78, 5) is 60.2. The number of imide groups is 1. The van der Waals surface area contributed by atoms with Gasteiger partial charge in [0.15, 0.2) is 17.7 Å². The van der Waals surface area contributed by atoms with Crippen molar-refractivity contribution in [3.8, 4) is 0 Å². The number of nitrogens with zero attached hydrogens (tertiary/aromatic N) is 3. The van der Waals surface area contributed by atoms with E-state index in [9.17, 15) is 33.1 Å². The Balaban J connectivity index is 1.39. The molecule has 51 heavy (non-hydrogen) atoms. The zero-order valence-corrected chi connectivity index (χ0v) is 27.6. The van der Waals surface area contributed by atoms with E-state index in [0.717, 1.165) is 35.6 Å². The minimum Gasteiger partial charge on any atom is -0.480 e. The maximum Gasteiger partial charge on any atom is 0.416 e. The molecular weight excluding hydrogens is 658 g/mol. The van der Waals surface area contributed by atoms with E-state index in [4.69, 9.17) is 9.73 Å². The Morgan fingerprint density at radius 3 is 2.29 bits per heavy atom. The zero-order valence-electron chi connectivity index (χ0n) is 27.6. The molecule has 12 heteroatoms. The highest BCUT2D eigenvalue weighted by Crippen LogP contribution is 2.32. The van der Waals surface area contributed by atoms with Gasteiger partial charge in [0.05, 0.1) is 24.0 Å².